The van der Waals surface area contributed by atoms with Crippen LogP contribution < -0.4 is 5.32 Å². The Hall–Kier alpha value is -3.82. The van der Waals surface area contributed by atoms with Gasteiger partial charge in [-0.05, 0) is 43.7 Å². The highest BCUT2D eigenvalue weighted by molar-refractivity contribution is 5.57. The molecule has 0 unspecified atom stereocenters. The molecule has 0 amide bonds. The van der Waals surface area contributed by atoms with E-state index in [9.17, 15) is 27.2 Å². The molecule has 0 radical (unpaired) electrons. The lowest BCUT2D eigenvalue weighted by Crippen LogP contribution is -2.12. The second-order valence-electron chi connectivity index (χ2n) is 9.44. The van der Waals surface area contributed by atoms with Crippen LogP contribution in [-0.4, -0.2) is 35.8 Å². The second-order valence-corrected chi connectivity index (χ2v) is 9.44. The first-order valence-electron chi connectivity index (χ1n) is 11.7. The van der Waals surface area contributed by atoms with Gasteiger partial charge in [0.25, 0.3) is 0 Å². The largest absolute Gasteiger partial charge is 0.434 e. The van der Waals surface area contributed by atoms with Gasteiger partial charge in [0.05, 0.1) is 29.6 Å². The Labute approximate surface area is 208 Å². The summed E-state index contributed by atoms with van der Waals surface area (Å²) in [7, 11) is 0. The van der Waals surface area contributed by atoms with Gasteiger partial charge < -0.3 is 5.32 Å². The number of hydrogen-bond acceptors (Lipinski definition) is 8. The van der Waals surface area contributed by atoms with Crippen LogP contribution in [0.3, 0.4) is 0 Å². The molecule has 0 saturated heterocycles. The van der Waals surface area contributed by atoms with Gasteiger partial charge in [-0.1, -0.05) is 0 Å². The molecule has 3 aromatic heterocycles. The van der Waals surface area contributed by atoms with Gasteiger partial charge in [-0.25, -0.2) is 18.7 Å². The summed E-state index contributed by atoms with van der Waals surface area (Å²) in [5, 5.41) is 12.5. The summed E-state index contributed by atoms with van der Waals surface area (Å²) in [6, 6.07) is 5.62. The molecule has 0 spiro atoms. The average molecular weight is 516 g/mol. The topological polar surface area (TPSA) is 113 Å². The van der Waals surface area contributed by atoms with Crippen molar-refractivity contribution in [3.63, 3.8) is 0 Å². The van der Waals surface area contributed by atoms with Crippen molar-refractivity contribution >= 4 is 11.6 Å². The molecular formula is C24H21F5N8. The van der Waals surface area contributed by atoms with E-state index in [0.717, 1.165) is 6.20 Å². The van der Waals surface area contributed by atoms with Crippen molar-refractivity contribution in [2.45, 2.75) is 62.5 Å². The predicted octanol–water partition coefficient (Wildman–Crippen LogP) is 5.41. The molecule has 3 heterocycles. The van der Waals surface area contributed by atoms with Crippen LogP contribution in [0, 0.1) is 17.2 Å². The number of rotatable bonds is 7. The first-order chi connectivity index (χ1) is 17.6. The van der Waals surface area contributed by atoms with Crippen LogP contribution in [-0.2, 0) is 18.0 Å². The standard InChI is InChI=1S/C24H21F5N8/c25-23(26)5-3-14(10-23)1-2-19-35-20(16-11-31-12-18(34-16)24(27,28)29)37-21(36-19)33-15-4-8-32-17(9-15)22(13-30)6-7-22/h4,8-9,11-12,14H,1-3,5-7,10H2,(H,32,33,35,36,37)/t14-/m0/s1. The minimum absolute atomic E-state index is 0.0370. The van der Waals surface area contributed by atoms with Crippen molar-refractivity contribution in [3.05, 3.63) is 47.9 Å². The van der Waals surface area contributed by atoms with Gasteiger partial charge >= 0.3 is 6.18 Å². The number of hydrogen-bond donors (Lipinski definition) is 1. The molecule has 8 nitrogen and oxygen atoms in total. The zero-order valence-electron chi connectivity index (χ0n) is 19.4. The molecule has 3 aromatic rings. The van der Waals surface area contributed by atoms with E-state index < -0.39 is 23.2 Å². The van der Waals surface area contributed by atoms with Crippen LogP contribution in [0.4, 0.5) is 33.6 Å². The summed E-state index contributed by atoms with van der Waals surface area (Å²) in [5.74, 6) is -2.76. The minimum atomic E-state index is -4.71. The minimum Gasteiger partial charge on any atom is -0.324 e. The number of nitriles is 1. The van der Waals surface area contributed by atoms with Gasteiger partial charge in [0.2, 0.25) is 11.9 Å². The molecule has 192 valence electrons. The summed E-state index contributed by atoms with van der Waals surface area (Å²) < 4.78 is 66.8. The highest BCUT2D eigenvalue weighted by Crippen LogP contribution is 2.47. The number of anilines is 2. The Morgan fingerprint density at radius 1 is 1.08 bits per heavy atom. The molecule has 37 heavy (non-hydrogen) atoms. The number of halogens is 5. The lowest BCUT2D eigenvalue weighted by Gasteiger charge is -2.13. The molecule has 1 atom stereocenters. The van der Waals surface area contributed by atoms with Crippen LogP contribution in [0.25, 0.3) is 11.5 Å². The number of nitrogens with zero attached hydrogens (tertiary/aromatic N) is 7. The number of alkyl halides is 5. The Morgan fingerprint density at radius 3 is 2.57 bits per heavy atom. The van der Waals surface area contributed by atoms with E-state index >= 15 is 0 Å². The first-order valence-corrected chi connectivity index (χ1v) is 11.7. The maximum absolute atomic E-state index is 13.6. The smallest absolute Gasteiger partial charge is 0.324 e. The van der Waals surface area contributed by atoms with Crippen LogP contribution in [0.1, 0.15) is 55.7 Å². The second kappa shape index (κ2) is 9.24. The van der Waals surface area contributed by atoms with Crippen molar-refractivity contribution in [1.29, 1.82) is 5.26 Å². The fourth-order valence-electron chi connectivity index (χ4n) is 4.38. The van der Waals surface area contributed by atoms with Gasteiger partial charge in [-0.15, -0.1) is 0 Å². The normalized spacial score (nSPS) is 19.8. The van der Waals surface area contributed by atoms with E-state index in [2.05, 4.69) is 41.3 Å². The van der Waals surface area contributed by atoms with Crippen LogP contribution in [0.15, 0.2) is 30.7 Å². The van der Waals surface area contributed by atoms with E-state index in [0.29, 0.717) is 43.3 Å². The van der Waals surface area contributed by atoms with E-state index in [1.165, 1.54) is 6.20 Å². The monoisotopic (exact) mass is 516 g/mol. The van der Waals surface area contributed by atoms with Gasteiger partial charge in [0.1, 0.15) is 11.5 Å². The fourth-order valence-corrected chi connectivity index (χ4v) is 4.38. The van der Waals surface area contributed by atoms with Crippen molar-refractivity contribution in [1.82, 2.24) is 29.9 Å². The third-order valence-electron chi connectivity index (χ3n) is 6.59. The van der Waals surface area contributed by atoms with E-state index in [-0.39, 0.29) is 48.5 Å². The summed E-state index contributed by atoms with van der Waals surface area (Å²) >= 11 is 0. The quantitative estimate of drug-likeness (QED) is 0.415. The molecule has 5 rings (SSSR count). The number of aryl methyl sites for hydroxylation is 1. The predicted molar refractivity (Wildman–Crippen MR) is 121 cm³/mol. The molecule has 2 saturated carbocycles. The Kier molecular flexibility index (Phi) is 6.21. The van der Waals surface area contributed by atoms with Crippen molar-refractivity contribution in [3.8, 4) is 17.6 Å². The molecule has 2 fully saturated rings. The van der Waals surface area contributed by atoms with Crippen molar-refractivity contribution < 1.29 is 22.0 Å². The molecule has 0 aliphatic heterocycles. The summed E-state index contributed by atoms with van der Waals surface area (Å²) in [6.07, 6.45) is 0.594. The summed E-state index contributed by atoms with van der Waals surface area (Å²) in [5.41, 5.74) is -0.893. The molecule has 0 bridgehead atoms. The maximum Gasteiger partial charge on any atom is 0.434 e. The van der Waals surface area contributed by atoms with Gasteiger partial charge in [0, 0.05) is 31.1 Å². The first kappa shape index (κ1) is 24.9. The Morgan fingerprint density at radius 2 is 1.89 bits per heavy atom. The fraction of sp³-hybridized carbons (Fsp3) is 0.458. The van der Waals surface area contributed by atoms with Crippen molar-refractivity contribution in [2.75, 3.05) is 5.32 Å². The number of pyridine rings is 1. The SMILES string of the molecule is N#CC1(c2cc(Nc3nc(CC[C@H]4CCC(F)(F)C4)nc(-c4cncc(C(F)(F)F)n4)n3)ccn2)CC1. The highest BCUT2D eigenvalue weighted by Gasteiger charge is 2.46. The van der Waals surface area contributed by atoms with Gasteiger partial charge in [0.15, 0.2) is 11.5 Å². The molecular weight excluding hydrogens is 495 g/mol. The summed E-state index contributed by atoms with van der Waals surface area (Å²) in [6.45, 7) is 0. The third kappa shape index (κ3) is 5.63. The van der Waals surface area contributed by atoms with E-state index in [4.69, 9.17) is 0 Å². The van der Waals surface area contributed by atoms with Gasteiger partial charge in [-0.2, -0.15) is 28.4 Å². The third-order valence-corrected chi connectivity index (χ3v) is 6.59. The molecule has 13 heteroatoms. The zero-order valence-corrected chi connectivity index (χ0v) is 19.4. The molecule has 2 aliphatic rings. The Balaban J connectivity index is 1.45. The molecule has 2 aliphatic carbocycles. The molecule has 1 N–H and O–H groups in total. The average Bonchev–Trinajstić information content (AvgIpc) is 3.59. The van der Waals surface area contributed by atoms with Crippen LogP contribution in [0.2, 0.25) is 0 Å². The van der Waals surface area contributed by atoms with Gasteiger partial charge in [-0.3, -0.25) is 9.97 Å². The van der Waals surface area contributed by atoms with Crippen LogP contribution >= 0.6 is 0 Å². The van der Waals surface area contributed by atoms with E-state index in [1.807, 2.05) is 0 Å². The van der Waals surface area contributed by atoms with E-state index in [1.54, 1.807) is 12.1 Å². The maximum atomic E-state index is 13.6. The number of nitrogens with one attached hydrogen (secondary N) is 1. The lowest BCUT2D eigenvalue weighted by molar-refractivity contribution is -0.141. The lowest BCUT2D eigenvalue weighted by atomic mass is 10.0. The van der Waals surface area contributed by atoms with Crippen LogP contribution in [0.5, 0.6) is 0 Å². The summed E-state index contributed by atoms with van der Waals surface area (Å²) in [4.78, 5) is 24.4. The molecule has 0 aromatic carbocycles. The Bertz CT molecular complexity index is 1350. The number of aromatic nitrogens is 6. The highest BCUT2D eigenvalue weighted by atomic mass is 19.4. The zero-order chi connectivity index (χ0) is 26.3. The van der Waals surface area contributed by atoms with Crippen molar-refractivity contribution in [2.24, 2.45) is 5.92 Å².